The fraction of sp³-hybridized carbons (Fsp3) is 0.233. The Morgan fingerprint density at radius 2 is 1.76 bits per heavy atom. The van der Waals surface area contributed by atoms with Crippen molar-refractivity contribution in [1.82, 2.24) is 10.4 Å². The van der Waals surface area contributed by atoms with E-state index in [-0.39, 0.29) is 11.8 Å². The second-order valence-electron chi connectivity index (χ2n) is 9.47. The largest absolute Gasteiger partial charge is 0.354 e. The molecule has 38 heavy (non-hydrogen) atoms. The molecule has 0 aromatic heterocycles. The first kappa shape index (κ1) is 25.4. The normalized spacial score (nSPS) is 16.1. The minimum absolute atomic E-state index is 0.254. The summed E-state index contributed by atoms with van der Waals surface area (Å²) >= 11 is 0. The van der Waals surface area contributed by atoms with Gasteiger partial charge in [-0.05, 0) is 80.4 Å². The molecule has 2 aliphatic heterocycles. The topological polar surface area (TPSA) is 99.8 Å². The number of hydrogen-bond donors (Lipinski definition) is 3. The zero-order valence-corrected chi connectivity index (χ0v) is 21.3. The first-order valence-electron chi connectivity index (χ1n) is 12.8. The van der Waals surface area contributed by atoms with Crippen LogP contribution >= 0.6 is 0 Å². The molecule has 194 valence electrons. The van der Waals surface area contributed by atoms with Crippen LogP contribution in [-0.4, -0.2) is 49.2 Å². The molecule has 0 unspecified atom stereocenters. The molecule has 8 nitrogen and oxygen atoms in total. The Labute approximate surface area is 221 Å². The number of aryl methyl sites for hydroxylation is 1. The van der Waals surface area contributed by atoms with Crippen molar-refractivity contribution in [2.45, 2.75) is 19.8 Å². The molecule has 0 bridgehead atoms. The Hall–Kier alpha value is -4.27. The number of rotatable bonds is 9. The predicted octanol–water partition coefficient (Wildman–Crippen LogP) is 4.50. The molecule has 0 atom stereocenters. The third kappa shape index (κ3) is 5.51. The average Bonchev–Trinajstić information content (AvgIpc) is 3.57. The number of hydroxylamine groups is 1. The summed E-state index contributed by atoms with van der Waals surface area (Å²) in [6, 6.07) is 20.1. The van der Waals surface area contributed by atoms with Crippen molar-refractivity contribution in [3.63, 3.8) is 0 Å². The molecule has 2 heterocycles. The third-order valence-electron chi connectivity index (χ3n) is 6.88. The van der Waals surface area contributed by atoms with Gasteiger partial charge in [0.25, 0.3) is 11.8 Å². The van der Waals surface area contributed by atoms with Gasteiger partial charge < -0.3 is 15.5 Å². The Bertz CT molecular complexity index is 1380. The highest BCUT2D eigenvalue weighted by Gasteiger charge is 2.29. The van der Waals surface area contributed by atoms with Gasteiger partial charge in [-0.1, -0.05) is 30.3 Å². The Kier molecular flexibility index (Phi) is 7.62. The number of amides is 2. The third-order valence-corrected chi connectivity index (χ3v) is 6.88. The van der Waals surface area contributed by atoms with Gasteiger partial charge in [-0.15, -0.1) is 0 Å². The first-order chi connectivity index (χ1) is 18.5. The van der Waals surface area contributed by atoms with Crippen LogP contribution in [0.25, 0.3) is 11.3 Å². The molecule has 1 saturated heterocycles. The number of benzene rings is 3. The number of nitrogens with one attached hydrogen (secondary N) is 3. The van der Waals surface area contributed by atoms with Crippen LogP contribution in [0.15, 0.2) is 66.7 Å². The second kappa shape index (κ2) is 11.4. The Balaban J connectivity index is 1.36. The summed E-state index contributed by atoms with van der Waals surface area (Å²) in [5, 5.41) is 6.27. The molecule has 3 aromatic carbocycles. The van der Waals surface area contributed by atoms with E-state index in [1.807, 2.05) is 43.3 Å². The van der Waals surface area contributed by atoms with Crippen LogP contribution in [0.3, 0.4) is 0 Å². The van der Waals surface area contributed by atoms with E-state index in [0.29, 0.717) is 40.4 Å². The van der Waals surface area contributed by atoms with Gasteiger partial charge in [-0.2, -0.15) is 0 Å². The van der Waals surface area contributed by atoms with Gasteiger partial charge in [0.15, 0.2) is 0 Å². The standard InChI is InChI=1S/C30H30N4O4/c1-20-17-25-26(18-23(20)19-35)32-30(37)27(25)28(21-7-3-2-4-8-21)31-24-11-9-22(10-12-24)29(36)33-38-16-15-34-13-5-6-14-34/h2-4,7-12,17-19,31H,5-6,13-16H2,1H3,(H,32,37)(H,33,36)/b28-27-. The van der Waals surface area contributed by atoms with Crippen molar-refractivity contribution in [2.75, 3.05) is 36.9 Å². The fourth-order valence-corrected chi connectivity index (χ4v) is 4.81. The van der Waals surface area contributed by atoms with Crippen LogP contribution in [-0.2, 0) is 9.63 Å². The van der Waals surface area contributed by atoms with E-state index in [2.05, 4.69) is 21.0 Å². The number of carbonyl (C=O) groups excluding carboxylic acids is 3. The van der Waals surface area contributed by atoms with Gasteiger partial charge in [0.1, 0.15) is 6.29 Å². The Morgan fingerprint density at radius 3 is 2.47 bits per heavy atom. The van der Waals surface area contributed by atoms with E-state index in [1.54, 1.807) is 30.3 Å². The molecular weight excluding hydrogens is 480 g/mol. The summed E-state index contributed by atoms with van der Waals surface area (Å²) in [6.07, 6.45) is 3.22. The second-order valence-corrected chi connectivity index (χ2v) is 9.47. The monoisotopic (exact) mass is 510 g/mol. The van der Waals surface area contributed by atoms with Crippen molar-refractivity contribution in [1.29, 1.82) is 0 Å². The summed E-state index contributed by atoms with van der Waals surface area (Å²) in [6.45, 7) is 5.25. The predicted molar refractivity (Wildman–Crippen MR) is 148 cm³/mol. The lowest BCUT2D eigenvalue weighted by Crippen LogP contribution is -2.30. The van der Waals surface area contributed by atoms with Gasteiger partial charge in [-0.3, -0.25) is 19.2 Å². The molecule has 2 amide bonds. The minimum atomic E-state index is -0.315. The van der Waals surface area contributed by atoms with Crippen molar-refractivity contribution in [3.05, 3.63) is 94.5 Å². The first-order valence-corrected chi connectivity index (χ1v) is 12.8. The average molecular weight is 511 g/mol. The van der Waals surface area contributed by atoms with Gasteiger partial charge in [0.2, 0.25) is 0 Å². The van der Waals surface area contributed by atoms with Crippen LogP contribution in [0.2, 0.25) is 0 Å². The van der Waals surface area contributed by atoms with E-state index >= 15 is 0 Å². The van der Waals surface area contributed by atoms with Crippen LogP contribution in [0, 0.1) is 6.92 Å². The highest BCUT2D eigenvalue weighted by molar-refractivity contribution is 6.37. The molecule has 1 fully saturated rings. The lowest BCUT2D eigenvalue weighted by molar-refractivity contribution is -0.110. The van der Waals surface area contributed by atoms with Crippen molar-refractivity contribution < 1.29 is 19.2 Å². The summed E-state index contributed by atoms with van der Waals surface area (Å²) in [7, 11) is 0. The molecule has 0 saturated carbocycles. The molecule has 5 rings (SSSR count). The van der Waals surface area contributed by atoms with Gasteiger partial charge in [0, 0.05) is 34.6 Å². The minimum Gasteiger partial charge on any atom is -0.354 e. The molecule has 0 aliphatic carbocycles. The molecule has 0 radical (unpaired) electrons. The van der Waals surface area contributed by atoms with Crippen LogP contribution in [0.5, 0.6) is 0 Å². The molecular formula is C30H30N4O4. The summed E-state index contributed by atoms with van der Waals surface area (Å²) in [4.78, 5) is 44.7. The van der Waals surface area contributed by atoms with Crippen LogP contribution in [0.1, 0.15) is 50.2 Å². The van der Waals surface area contributed by atoms with Crippen LogP contribution in [0.4, 0.5) is 11.4 Å². The van der Waals surface area contributed by atoms with Crippen molar-refractivity contribution >= 4 is 40.7 Å². The maximum atomic E-state index is 13.1. The molecule has 3 N–H and O–H groups in total. The Morgan fingerprint density at radius 1 is 1.03 bits per heavy atom. The SMILES string of the molecule is Cc1cc2c(cc1C=O)NC(=O)/C2=C(\Nc1ccc(C(=O)NOCCN2CCCC2)cc1)c1ccccc1. The number of nitrogens with zero attached hydrogens (tertiary/aromatic N) is 1. The number of aldehydes is 1. The lowest BCUT2D eigenvalue weighted by atomic mass is 9.97. The number of likely N-dealkylation sites (tertiary alicyclic amines) is 1. The number of anilines is 2. The number of hydrogen-bond acceptors (Lipinski definition) is 6. The zero-order valence-electron chi connectivity index (χ0n) is 21.3. The lowest BCUT2D eigenvalue weighted by Gasteiger charge is -2.16. The van der Waals surface area contributed by atoms with E-state index < -0.39 is 0 Å². The van der Waals surface area contributed by atoms with Crippen LogP contribution < -0.4 is 16.1 Å². The maximum absolute atomic E-state index is 13.1. The molecule has 8 heteroatoms. The van der Waals surface area contributed by atoms with Crippen molar-refractivity contribution in [3.8, 4) is 0 Å². The summed E-state index contributed by atoms with van der Waals surface area (Å²) in [5.41, 5.74) is 8.29. The quantitative estimate of drug-likeness (QED) is 0.170. The number of carbonyl (C=O) groups is 3. The zero-order chi connectivity index (χ0) is 26.5. The van der Waals surface area contributed by atoms with Gasteiger partial charge in [-0.25, -0.2) is 5.48 Å². The highest BCUT2D eigenvalue weighted by Crippen LogP contribution is 2.38. The fourth-order valence-electron chi connectivity index (χ4n) is 4.81. The summed E-state index contributed by atoms with van der Waals surface area (Å²) in [5.74, 6) is -0.568. The molecule has 0 spiro atoms. The van der Waals surface area contributed by atoms with Crippen molar-refractivity contribution in [2.24, 2.45) is 0 Å². The van der Waals surface area contributed by atoms with E-state index in [0.717, 1.165) is 42.6 Å². The van der Waals surface area contributed by atoms with E-state index in [9.17, 15) is 14.4 Å². The summed E-state index contributed by atoms with van der Waals surface area (Å²) < 4.78 is 0. The van der Waals surface area contributed by atoms with Gasteiger partial charge in [0.05, 0.1) is 17.9 Å². The van der Waals surface area contributed by atoms with E-state index in [4.69, 9.17) is 4.84 Å². The van der Waals surface area contributed by atoms with Gasteiger partial charge >= 0.3 is 0 Å². The maximum Gasteiger partial charge on any atom is 0.274 e. The molecule has 3 aromatic rings. The molecule has 2 aliphatic rings. The highest BCUT2D eigenvalue weighted by atomic mass is 16.6. The smallest absolute Gasteiger partial charge is 0.274 e. The van der Waals surface area contributed by atoms with E-state index in [1.165, 1.54) is 12.8 Å². The number of fused-ring (bicyclic) bond motifs is 1.